The molecule has 4 heteroatoms. The fraction of sp³-hybridized carbons (Fsp3) is 0.235. The summed E-state index contributed by atoms with van der Waals surface area (Å²) in [4.78, 5) is 12.0. The number of carbonyl (C=O) groups excluding carboxylic acids is 1. The quantitative estimate of drug-likeness (QED) is 0.742. The van der Waals surface area contributed by atoms with Crippen molar-refractivity contribution in [2.75, 3.05) is 0 Å². The Morgan fingerprint density at radius 2 is 1.71 bits per heavy atom. The topological polar surface area (TPSA) is 17.1 Å². The number of ketones is 1. The van der Waals surface area contributed by atoms with Crippen LogP contribution in [0, 0.1) is 6.92 Å². The standard InChI is InChI=1S/C17H13F3O/c1-10-2-4-11(5-3-10)14-9-16(21)15-8-12(17(18,19)20)6-7-13(14)15/h2-8,14H,9H2,1H3/t14-/m1/s1. The molecule has 1 aliphatic rings. The SMILES string of the molecule is Cc1ccc([C@H]2CC(=O)c3cc(C(F)(F)F)ccc32)cc1. The molecule has 0 aliphatic heterocycles. The van der Waals surface area contributed by atoms with Crippen LogP contribution in [0.4, 0.5) is 13.2 Å². The third kappa shape index (κ3) is 2.46. The fourth-order valence-corrected chi connectivity index (χ4v) is 2.78. The Morgan fingerprint density at radius 1 is 1.05 bits per heavy atom. The molecule has 2 aromatic carbocycles. The van der Waals surface area contributed by atoms with Crippen LogP contribution in [0.15, 0.2) is 42.5 Å². The van der Waals surface area contributed by atoms with Crippen LogP contribution in [-0.4, -0.2) is 5.78 Å². The predicted octanol–water partition coefficient (Wildman–Crippen LogP) is 4.73. The second kappa shape index (κ2) is 4.72. The third-order valence-electron chi connectivity index (χ3n) is 3.93. The minimum Gasteiger partial charge on any atom is -0.294 e. The van der Waals surface area contributed by atoms with E-state index in [1.807, 2.05) is 31.2 Å². The maximum atomic E-state index is 12.7. The van der Waals surface area contributed by atoms with Gasteiger partial charge in [0.1, 0.15) is 0 Å². The average Bonchev–Trinajstić information content (AvgIpc) is 2.76. The van der Waals surface area contributed by atoms with Gasteiger partial charge in [-0.05, 0) is 30.2 Å². The Hall–Kier alpha value is -2.10. The molecule has 108 valence electrons. The van der Waals surface area contributed by atoms with Crippen LogP contribution in [0.1, 0.15) is 45.0 Å². The Bertz CT molecular complexity index is 699. The van der Waals surface area contributed by atoms with Crippen LogP contribution >= 0.6 is 0 Å². The highest BCUT2D eigenvalue weighted by Crippen LogP contribution is 2.40. The first-order chi connectivity index (χ1) is 9.86. The fourth-order valence-electron chi connectivity index (χ4n) is 2.78. The summed E-state index contributed by atoms with van der Waals surface area (Å²) in [5.74, 6) is -0.364. The van der Waals surface area contributed by atoms with Gasteiger partial charge in [0, 0.05) is 17.9 Å². The third-order valence-corrected chi connectivity index (χ3v) is 3.93. The zero-order valence-electron chi connectivity index (χ0n) is 11.4. The molecule has 0 radical (unpaired) electrons. The number of rotatable bonds is 1. The van der Waals surface area contributed by atoms with Crippen molar-refractivity contribution in [1.29, 1.82) is 0 Å². The number of fused-ring (bicyclic) bond motifs is 1. The Kier molecular flexibility index (Phi) is 3.12. The van der Waals surface area contributed by atoms with E-state index in [0.29, 0.717) is 5.56 Å². The van der Waals surface area contributed by atoms with Crippen molar-refractivity contribution in [3.05, 3.63) is 70.3 Å². The summed E-state index contributed by atoms with van der Waals surface area (Å²) in [5, 5.41) is 0. The molecular weight excluding hydrogens is 277 g/mol. The summed E-state index contributed by atoms with van der Waals surface area (Å²) in [6, 6.07) is 11.2. The number of benzene rings is 2. The molecule has 21 heavy (non-hydrogen) atoms. The van der Waals surface area contributed by atoms with Crippen LogP contribution in [0.2, 0.25) is 0 Å². The number of hydrogen-bond donors (Lipinski definition) is 0. The van der Waals surface area contributed by atoms with E-state index in [1.165, 1.54) is 6.07 Å². The molecule has 0 heterocycles. The van der Waals surface area contributed by atoms with Gasteiger partial charge in [0.05, 0.1) is 5.56 Å². The van der Waals surface area contributed by atoms with Crippen LogP contribution < -0.4 is 0 Å². The minimum atomic E-state index is -4.42. The number of hydrogen-bond acceptors (Lipinski definition) is 1. The number of halogens is 3. The van der Waals surface area contributed by atoms with Crippen molar-refractivity contribution >= 4 is 5.78 Å². The summed E-state index contributed by atoms with van der Waals surface area (Å²) >= 11 is 0. The molecule has 0 saturated heterocycles. The van der Waals surface area contributed by atoms with E-state index in [-0.39, 0.29) is 23.7 Å². The zero-order chi connectivity index (χ0) is 15.2. The highest BCUT2D eigenvalue weighted by Gasteiger charge is 2.35. The van der Waals surface area contributed by atoms with Gasteiger partial charge in [0.15, 0.2) is 5.78 Å². The Labute approximate surface area is 120 Å². The molecule has 1 nitrogen and oxygen atoms in total. The number of aryl methyl sites for hydroxylation is 1. The van der Waals surface area contributed by atoms with Gasteiger partial charge in [-0.3, -0.25) is 4.79 Å². The molecule has 0 bridgehead atoms. The molecule has 0 N–H and O–H groups in total. The van der Waals surface area contributed by atoms with Gasteiger partial charge in [-0.25, -0.2) is 0 Å². The molecule has 3 rings (SSSR count). The molecule has 0 aromatic heterocycles. The van der Waals surface area contributed by atoms with E-state index in [1.54, 1.807) is 0 Å². The van der Waals surface area contributed by atoms with Gasteiger partial charge in [0.2, 0.25) is 0 Å². The molecule has 0 amide bonds. The maximum absolute atomic E-state index is 12.7. The normalized spacial score (nSPS) is 17.9. The van der Waals surface area contributed by atoms with Gasteiger partial charge < -0.3 is 0 Å². The van der Waals surface area contributed by atoms with Crippen molar-refractivity contribution in [3.63, 3.8) is 0 Å². The highest BCUT2D eigenvalue weighted by molar-refractivity contribution is 6.02. The summed E-state index contributed by atoms with van der Waals surface area (Å²) < 4.78 is 38.2. The molecule has 2 aromatic rings. The lowest BCUT2D eigenvalue weighted by molar-refractivity contribution is -0.137. The van der Waals surface area contributed by atoms with Crippen LogP contribution in [0.3, 0.4) is 0 Å². The monoisotopic (exact) mass is 290 g/mol. The van der Waals surface area contributed by atoms with Gasteiger partial charge >= 0.3 is 6.18 Å². The minimum absolute atomic E-state index is 0.143. The van der Waals surface area contributed by atoms with Crippen molar-refractivity contribution in [2.45, 2.75) is 25.4 Å². The van der Waals surface area contributed by atoms with Crippen LogP contribution in [0.5, 0.6) is 0 Å². The summed E-state index contributed by atoms with van der Waals surface area (Å²) in [6.07, 6.45) is -4.18. The van der Waals surface area contributed by atoms with Gasteiger partial charge in [-0.2, -0.15) is 13.2 Å². The first-order valence-electron chi connectivity index (χ1n) is 6.67. The van der Waals surface area contributed by atoms with Gasteiger partial charge in [0.25, 0.3) is 0 Å². The highest BCUT2D eigenvalue weighted by atomic mass is 19.4. The smallest absolute Gasteiger partial charge is 0.294 e. The lowest BCUT2D eigenvalue weighted by atomic mass is 9.92. The van der Waals surface area contributed by atoms with E-state index in [2.05, 4.69) is 0 Å². The largest absolute Gasteiger partial charge is 0.416 e. The molecule has 0 unspecified atom stereocenters. The Balaban J connectivity index is 2.04. The van der Waals surface area contributed by atoms with Crippen molar-refractivity contribution in [1.82, 2.24) is 0 Å². The molecular formula is C17H13F3O. The summed E-state index contributed by atoms with van der Waals surface area (Å²) in [5.41, 5.74) is 2.20. The predicted molar refractivity (Wildman–Crippen MR) is 73.4 cm³/mol. The van der Waals surface area contributed by atoms with Crippen molar-refractivity contribution in [3.8, 4) is 0 Å². The molecule has 0 fully saturated rings. The molecule has 1 atom stereocenters. The lowest BCUT2D eigenvalue weighted by Gasteiger charge is -2.13. The first kappa shape index (κ1) is 13.9. The second-order valence-corrected chi connectivity index (χ2v) is 5.39. The molecule has 0 saturated carbocycles. The van der Waals surface area contributed by atoms with Crippen LogP contribution in [0.25, 0.3) is 0 Å². The van der Waals surface area contributed by atoms with E-state index in [9.17, 15) is 18.0 Å². The lowest BCUT2D eigenvalue weighted by Crippen LogP contribution is -2.06. The van der Waals surface area contributed by atoms with E-state index in [4.69, 9.17) is 0 Å². The summed E-state index contributed by atoms with van der Waals surface area (Å²) in [6.45, 7) is 1.97. The first-order valence-corrected chi connectivity index (χ1v) is 6.67. The molecule has 1 aliphatic carbocycles. The van der Waals surface area contributed by atoms with Crippen LogP contribution in [-0.2, 0) is 6.18 Å². The number of alkyl halides is 3. The van der Waals surface area contributed by atoms with Gasteiger partial charge in [-0.1, -0.05) is 35.9 Å². The van der Waals surface area contributed by atoms with E-state index in [0.717, 1.165) is 23.3 Å². The average molecular weight is 290 g/mol. The van der Waals surface area contributed by atoms with Gasteiger partial charge in [-0.15, -0.1) is 0 Å². The zero-order valence-corrected chi connectivity index (χ0v) is 11.4. The van der Waals surface area contributed by atoms with E-state index < -0.39 is 11.7 Å². The number of Topliss-reactive ketones (excluding diaryl/α,β-unsaturated/α-hetero) is 1. The number of carbonyl (C=O) groups is 1. The summed E-state index contributed by atoms with van der Waals surface area (Å²) in [7, 11) is 0. The second-order valence-electron chi connectivity index (χ2n) is 5.39. The van der Waals surface area contributed by atoms with Crippen molar-refractivity contribution in [2.24, 2.45) is 0 Å². The van der Waals surface area contributed by atoms with Crippen molar-refractivity contribution < 1.29 is 18.0 Å². The molecule has 0 spiro atoms. The Morgan fingerprint density at radius 3 is 2.33 bits per heavy atom. The maximum Gasteiger partial charge on any atom is 0.416 e. The van der Waals surface area contributed by atoms with E-state index >= 15 is 0 Å².